The maximum absolute atomic E-state index is 12.5. The molecule has 0 saturated carbocycles. The number of carbonyl (C=O) groups is 1. The highest BCUT2D eigenvalue weighted by molar-refractivity contribution is 6.05. The van der Waals surface area contributed by atoms with E-state index in [1.54, 1.807) is 24.7 Å². The maximum Gasteiger partial charge on any atom is 0.275 e. The van der Waals surface area contributed by atoms with Crippen LogP contribution in [0.4, 0.5) is 11.4 Å². The Morgan fingerprint density at radius 3 is 2.57 bits per heavy atom. The lowest BCUT2D eigenvalue weighted by Crippen LogP contribution is -2.13. The Morgan fingerprint density at radius 1 is 1.18 bits per heavy atom. The van der Waals surface area contributed by atoms with Gasteiger partial charge >= 0.3 is 0 Å². The van der Waals surface area contributed by atoms with Crippen molar-refractivity contribution in [2.45, 2.75) is 20.8 Å². The minimum Gasteiger partial charge on any atom is -0.457 e. The second kappa shape index (κ2) is 7.51. The fourth-order valence-electron chi connectivity index (χ4n) is 2.68. The van der Waals surface area contributed by atoms with E-state index < -0.39 is 10.8 Å². The van der Waals surface area contributed by atoms with Crippen LogP contribution >= 0.6 is 0 Å². The summed E-state index contributed by atoms with van der Waals surface area (Å²) in [6.45, 7) is 5.59. The van der Waals surface area contributed by atoms with Crippen molar-refractivity contribution >= 4 is 17.3 Å². The summed E-state index contributed by atoms with van der Waals surface area (Å²) in [5.41, 5.74) is 3.07. The van der Waals surface area contributed by atoms with Crippen LogP contribution in [0.1, 0.15) is 27.2 Å². The number of aryl methyl sites for hydroxylation is 3. The van der Waals surface area contributed by atoms with Gasteiger partial charge in [0.05, 0.1) is 28.4 Å². The molecular formula is C20H20N4O4. The molecule has 1 aromatic heterocycles. The first-order chi connectivity index (χ1) is 13.2. The number of aromatic nitrogens is 2. The van der Waals surface area contributed by atoms with Gasteiger partial charge in [0, 0.05) is 24.9 Å². The number of nitrogens with one attached hydrogen (secondary N) is 1. The summed E-state index contributed by atoms with van der Waals surface area (Å²) in [5.74, 6) is 0.464. The SMILES string of the molecule is Cc1ccc(C)c(Oc2cc(NC(=O)c3cnn(C)c3C)cc([N+](=O)[O-])c2)c1. The Bertz CT molecular complexity index is 1070. The van der Waals surface area contributed by atoms with E-state index in [9.17, 15) is 14.9 Å². The standard InChI is InChI=1S/C20H20N4O4/c1-12-5-6-13(2)19(7-12)28-17-9-15(8-16(10-17)24(26)27)22-20(25)18-11-21-23(4)14(18)3/h5-11H,1-4H3,(H,22,25). The summed E-state index contributed by atoms with van der Waals surface area (Å²) in [6, 6.07) is 9.89. The molecule has 3 rings (SSSR count). The fourth-order valence-corrected chi connectivity index (χ4v) is 2.68. The molecule has 0 radical (unpaired) electrons. The van der Waals surface area contributed by atoms with Crippen molar-refractivity contribution < 1.29 is 14.5 Å². The van der Waals surface area contributed by atoms with Crippen molar-refractivity contribution in [2.24, 2.45) is 7.05 Å². The van der Waals surface area contributed by atoms with Crippen molar-refractivity contribution in [3.63, 3.8) is 0 Å². The number of nitro benzene ring substituents is 1. The lowest BCUT2D eigenvalue weighted by Gasteiger charge is -2.11. The Labute approximate surface area is 161 Å². The third kappa shape index (κ3) is 4.01. The Kier molecular flexibility index (Phi) is 5.12. The van der Waals surface area contributed by atoms with Gasteiger partial charge in [0.15, 0.2) is 0 Å². The lowest BCUT2D eigenvalue weighted by atomic mass is 10.1. The van der Waals surface area contributed by atoms with Gasteiger partial charge in [0.1, 0.15) is 11.5 Å². The number of non-ortho nitro benzene ring substituents is 1. The molecule has 0 aliphatic rings. The zero-order valence-corrected chi connectivity index (χ0v) is 16.0. The lowest BCUT2D eigenvalue weighted by molar-refractivity contribution is -0.384. The number of amides is 1. The number of benzene rings is 2. The van der Waals surface area contributed by atoms with Crippen molar-refractivity contribution in [3.05, 3.63) is 75.1 Å². The third-order valence-electron chi connectivity index (χ3n) is 4.41. The first kappa shape index (κ1) is 19.1. The van der Waals surface area contributed by atoms with E-state index in [1.165, 1.54) is 18.3 Å². The molecule has 1 heterocycles. The van der Waals surface area contributed by atoms with E-state index in [2.05, 4.69) is 10.4 Å². The zero-order chi connectivity index (χ0) is 20.4. The van der Waals surface area contributed by atoms with Crippen LogP contribution in [0.3, 0.4) is 0 Å². The van der Waals surface area contributed by atoms with E-state index in [1.807, 2.05) is 32.0 Å². The summed E-state index contributed by atoms with van der Waals surface area (Å²) >= 11 is 0. The first-order valence-electron chi connectivity index (χ1n) is 8.59. The number of anilines is 1. The highest BCUT2D eigenvalue weighted by atomic mass is 16.6. The summed E-state index contributed by atoms with van der Waals surface area (Å²) < 4.78 is 7.45. The van der Waals surface area contributed by atoms with Gasteiger partial charge in [-0.2, -0.15) is 5.10 Å². The average Bonchev–Trinajstić information content (AvgIpc) is 2.97. The van der Waals surface area contributed by atoms with Crippen LogP contribution in [0.25, 0.3) is 0 Å². The number of hydrogen-bond acceptors (Lipinski definition) is 5. The number of carbonyl (C=O) groups excluding carboxylic acids is 1. The largest absolute Gasteiger partial charge is 0.457 e. The Morgan fingerprint density at radius 2 is 1.93 bits per heavy atom. The average molecular weight is 380 g/mol. The van der Waals surface area contributed by atoms with Crippen molar-refractivity contribution in [2.75, 3.05) is 5.32 Å². The van der Waals surface area contributed by atoms with E-state index >= 15 is 0 Å². The highest BCUT2D eigenvalue weighted by Crippen LogP contribution is 2.32. The van der Waals surface area contributed by atoms with E-state index in [0.717, 1.165) is 11.1 Å². The van der Waals surface area contributed by atoms with Crippen molar-refractivity contribution in [3.8, 4) is 11.5 Å². The molecule has 8 nitrogen and oxygen atoms in total. The second-order valence-corrected chi connectivity index (χ2v) is 6.57. The molecule has 0 bridgehead atoms. The second-order valence-electron chi connectivity index (χ2n) is 6.57. The zero-order valence-electron chi connectivity index (χ0n) is 16.0. The van der Waals surface area contributed by atoms with Gasteiger partial charge in [-0.1, -0.05) is 12.1 Å². The minimum atomic E-state index is -0.527. The van der Waals surface area contributed by atoms with E-state index in [0.29, 0.717) is 17.0 Å². The molecule has 144 valence electrons. The van der Waals surface area contributed by atoms with Crippen LogP contribution in [0.5, 0.6) is 11.5 Å². The predicted octanol–water partition coefficient (Wildman–Crippen LogP) is 4.30. The molecule has 0 unspecified atom stereocenters. The molecule has 0 aliphatic carbocycles. The molecule has 3 aromatic rings. The monoisotopic (exact) mass is 380 g/mol. The molecule has 0 aliphatic heterocycles. The minimum absolute atomic E-state index is 0.180. The van der Waals surface area contributed by atoms with Gasteiger partial charge in [-0.05, 0) is 38.0 Å². The maximum atomic E-state index is 12.5. The normalized spacial score (nSPS) is 10.6. The highest BCUT2D eigenvalue weighted by Gasteiger charge is 2.17. The van der Waals surface area contributed by atoms with Crippen molar-refractivity contribution in [1.82, 2.24) is 9.78 Å². The fraction of sp³-hybridized carbons (Fsp3) is 0.200. The number of ether oxygens (including phenoxy) is 1. The molecule has 0 fully saturated rings. The smallest absolute Gasteiger partial charge is 0.275 e. The van der Waals surface area contributed by atoms with Gasteiger partial charge in [-0.25, -0.2) is 0 Å². The quantitative estimate of drug-likeness (QED) is 0.525. The first-order valence-corrected chi connectivity index (χ1v) is 8.59. The Hall–Kier alpha value is -3.68. The number of hydrogen-bond donors (Lipinski definition) is 1. The van der Waals surface area contributed by atoms with Gasteiger partial charge in [0.2, 0.25) is 0 Å². The van der Waals surface area contributed by atoms with Crippen LogP contribution in [-0.4, -0.2) is 20.6 Å². The molecule has 28 heavy (non-hydrogen) atoms. The molecule has 2 aromatic carbocycles. The van der Waals surface area contributed by atoms with Crippen LogP contribution < -0.4 is 10.1 Å². The van der Waals surface area contributed by atoms with Gasteiger partial charge in [0.25, 0.3) is 11.6 Å². The Balaban J connectivity index is 1.93. The van der Waals surface area contributed by atoms with Crippen molar-refractivity contribution in [1.29, 1.82) is 0 Å². The summed E-state index contributed by atoms with van der Waals surface area (Å²) in [6.07, 6.45) is 1.45. The number of rotatable bonds is 5. The molecule has 1 amide bonds. The molecule has 0 spiro atoms. The summed E-state index contributed by atoms with van der Waals surface area (Å²) in [4.78, 5) is 23.3. The summed E-state index contributed by atoms with van der Waals surface area (Å²) in [5, 5.41) is 18.0. The topological polar surface area (TPSA) is 99.3 Å². The molecule has 0 saturated heterocycles. The van der Waals surface area contributed by atoms with E-state index in [-0.39, 0.29) is 17.1 Å². The van der Waals surface area contributed by atoms with Crippen LogP contribution in [0, 0.1) is 30.9 Å². The van der Waals surface area contributed by atoms with Crippen LogP contribution in [0.15, 0.2) is 42.6 Å². The van der Waals surface area contributed by atoms with Crippen LogP contribution in [-0.2, 0) is 7.05 Å². The third-order valence-corrected chi connectivity index (χ3v) is 4.41. The van der Waals surface area contributed by atoms with E-state index in [4.69, 9.17) is 4.74 Å². The molecule has 0 atom stereocenters. The van der Waals surface area contributed by atoms with Gasteiger partial charge in [-0.3, -0.25) is 19.6 Å². The molecular weight excluding hydrogens is 360 g/mol. The summed E-state index contributed by atoms with van der Waals surface area (Å²) in [7, 11) is 1.73. The predicted molar refractivity (Wildman–Crippen MR) is 105 cm³/mol. The van der Waals surface area contributed by atoms with Gasteiger partial charge < -0.3 is 10.1 Å². The van der Waals surface area contributed by atoms with Gasteiger partial charge in [-0.15, -0.1) is 0 Å². The molecule has 1 N–H and O–H groups in total. The van der Waals surface area contributed by atoms with Crippen LogP contribution in [0.2, 0.25) is 0 Å². The number of nitro groups is 1. The molecule has 8 heteroatoms. The number of nitrogens with zero attached hydrogens (tertiary/aromatic N) is 3.